The van der Waals surface area contributed by atoms with E-state index < -0.39 is 10.0 Å². The van der Waals surface area contributed by atoms with Crippen molar-refractivity contribution in [3.63, 3.8) is 0 Å². The van der Waals surface area contributed by atoms with E-state index in [2.05, 4.69) is 17.1 Å². The van der Waals surface area contributed by atoms with E-state index in [1.807, 2.05) is 0 Å². The first-order chi connectivity index (χ1) is 9.03. The zero-order chi connectivity index (χ0) is 13.9. The molecule has 0 radical (unpaired) electrons. The zero-order valence-corrected chi connectivity index (χ0v) is 13.0. The molecule has 2 rings (SSSR count). The minimum Gasteiger partial charge on any atom is -0.313 e. The predicted octanol–water partition coefficient (Wildman–Crippen LogP) is 0.484. The average molecular weight is 289 g/mol. The molecule has 1 aliphatic heterocycles. The number of hydrogen-bond acceptors (Lipinski definition) is 4. The van der Waals surface area contributed by atoms with Crippen LogP contribution in [0.2, 0.25) is 0 Å². The summed E-state index contributed by atoms with van der Waals surface area (Å²) in [6, 6.07) is 0.766. The van der Waals surface area contributed by atoms with Gasteiger partial charge < -0.3 is 10.2 Å². The highest BCUT2D eigenvalue weighted by atomic mass is 32.2. The molecule has 6 heteroatoms. The summed E-state index contributed by atoms with van der Waals surface area (Å²) >= 11 is 0. The standard InChI is InChI=1S/C13H27N3O2S/c1-3-16-9-6-13(7-10-16)15(2)19(17,18)11-8-14-12-4-5-12/h12-14H,3-11H2,1-2H3. The topological polar surface area (TPSA) is 52.7 Å². The van der Waals surface area contributed by atoms with E-state index in [9.17, 15) is 8.42 Å². The van der Waals surface area contributed by atoms with E-state index >= 15 is 0 Å². The summed E-state index contributed by atoms with van der Waals surface area (Å²) in [6.07, 6.45) is 4.32. The molecule has 0 unspecified atom stereocenters. The van der Waals surface area contributed by atoms with Gasteiger partial charge in [-0.3, -0.25) is 0 Å². The van der Waals surface area contributed by atoms with Gasteiger partial charge in [-0.25, -0.2) is 12.7 Å². The lowest BCUT2D eigenvalue weighted by Crippen LogP contribution is -2.46. The maximum Gasteiger partial charge on any atom is 0.215 e. The molecule has 19 heavy (non-hydrogen) atoms. The number of hydrogen-bond donors (Lipinski definition) is 1. The van der Waals surface area contributed by atoms with E-state index in [-0.39, 0.29) is 11.8 Å². The summed E-state index contributed by atoms with van der Waals surface area (Å²) in [4.78, 5) is 2.38. The lowest BCUT2D eigenvalue weighted by Gasteiger charge is -2.35. The van der Waals surface area contributed by atoms with Crippen molar-refractivity contribution in [1.82, 2.24) is 14.5 Å². The summed E-state index contributed by atoms with van der Waals surface area (Å²) < 4.78 is 26.1. The predicted molar refractivity (Wildman–Crippen MR) is 77.7 cm³/mol. The van der Waals surface area contributed by atoms with Crippen molar-refractivity contribution in [3.8, 4) is 0 Å². The van der Waals surface area contributed by atoms with Gasteiger partial charge in [0.2, 0.25) is 10.0 Å². The number of sulfonamides is 1. The molecule has 0 aromatic rings. The van der Waals surface area contributed by atoms with E-state index in [0.717, 1.165) is 32.5 Å². The van der Waals surface area contributed by atoms with Crippen molar-refractivity contribution >= 4 is 10.0 Å². The van der Waals surface area contributed by atoms with Gasteiger partial charge in [-0.15, -0.1) is 0 Å². The second-order valence-electron chi connectivity index (χ2n) is 5.73. The third-order valence-corrected chi connectivity index (χ3v) is 6.22. The van der Waals surface area contributed by atoms with Crippen LogP contribution in [0.5, 0.6) is 0 Å². The first-order valence-electron chi connectivity index (χ1n) is 7.44. The molecule has 0 atom stereocenters. The van der Waals surface area contributed by atoms with Gasteiger partial charge in [-0.2, -0.15) is 0 Å². The van der Waals surface area contributed by atoms with Gasteiger partial charge in [-0.1, -0.05) is 6.92 Å². The normalized spacial score (nSPS) is 23.1. The Morgan fingerprint density at radius 1 is 1.21 bits per heavy atom. The van der Waals surface area contributed by atoms with Crippen LogP contribution in [0.1, 0.15) is 32.6 Å². The van der Waals surface area contributed by atoms with Crippen molar-refractivity contribution in [2.45, 2.75) is 44.7 Å². The molecule has 1 saturated carbocycles. The monoisotopic (exact) mass is 289 g/mol. The molecule has 0 aromatic heterocycles. The Hall–Kier alpha value is -0.170. The summed E-state index contributed by atoms with van der Waals surface area (Å²) in [5, 5.41) is 3.27. The highest BCUT2D eigenvalue weighted by Gasteiger charge is 2.29. The Balaban J connectivity index is 1.78. The molecular formula is C13H27N3O2S. The lowest BCUT2D eigenvalue weighted by molar-refractivity contribution is 0.176. The fraction of sp³-hybridized carbons (Fsp3) is 1.00. The highest BCUT2D eigenvalue weighted by molar-refractivity contribution is 7.89. The van der Waals surface area contributed by atoms with Gasteiger partial charge in [0.15, 0.2) is 0 Å². The molecular weight excluding hydrogens is 262 g/mol. The molecule has 0 amide bonds. The van der Waals surface area contributed by atoms with E-state index in [4.69, 9.17) is 0 Å². The van der Waals surface area contributed by atoms with E-state index in [1.165, 1.54) is 12.8 Å². The van der Waals surface area contributed by atoms with Crippen LogP contribution >= 0.6 is 0 Å². The molecule has 0 bridgehead atoms. The van der Waals surface area contributed by atoms with Crippen LogP contribution in [0.25, 0.3) is 0 Å². The second kappa shape index (κ2) is 6.52. The molecule has 0 spiro atoms. The van der Waals surface area contributed by atoms with Crippen LogP contribution < -0.4 is 5.32 Å². The maximum atomic E-state index is 12.3. The van der Waals surface area contributed by atoms with Crippen LogP contribution in [0.15, 0.2) is 0 Å². The maximum absolute atomic E-state index is 12.3. The van der Waals surface area contributed by atoms with E-state index in [0.29, 0.717) is 12.6 Å². The fourth-order valence-electron chi connectivity index (χ4n) is 2.65. The average Bonchev–Trinajstić information content (AvgIpc) is 3.22. The number of nitrogens with one attached hydrogen (secondary N) is 1. The molecule has 1 aliphatic carbocycles. The largest absolute Gasteiger partial charge is 0.313 e. The van der Waals surface area contributed by atoms with Gasteiger partial charge in [0.05, 0.1) is 5.75 Å². The number of nitrogens with zero attached hydrogens (tertiary/aromatic N) is 2. The Kier molecular flexibility index (Phi) is 5.22. The Morgan fingerprint density at radius 2 is 1.84 bits per heavy atom. The van der Waals surface area contributed by atoms with Crippen molar-refractivity contribution < 1.29 is 8.42 Å². The molecule has 2 aliphatic rings. The third-order valence-electron chi connectivity index (χ3n) is 4.33. The second-order valence-corrected chi connectivity index (χ2v) is 7.87. The van der Waals surface area contributed by atoms with Gasteiger partial charge in [-0.05, 0) is 45.3 Å². The number of likely N-dealkylation sites (tertiary alicyclic amines) is 1. The van der Waals surface area contributed by atoms with Gasteiger partial charge in [0, 0.05) is 25.7 Å². The molecule has 2 fully saturated rings. The van der Waals surface area contributed by atoms with Crippen LogP contribution in [-0.2, 0) is 10.0 Å². The van der Waals surface area contributed by atoms with Gasteiger partial charge in [0.25, 0.3) is 0 Å². The molecule has 112 valence electrons. The van der Waals surface area contributed by atoms with Gasteiger partial charge >= 0.3 is 0 Å². The van der Waals surface area contributed by atoms with Crippen LogP contribution in [0.4, 0.5) is 0 Å². The smallest absolute Gasteiger partial charge is 0.215 e. The summed E-state index contributed by atoms with van der Waals surface area (Å²) in [5.41, 5.74) is 0. The van der Waals surface area contributed by atoms with E-state index in [1.54, 1.807) is 11.4 Å². The summed E-state index contributed by atoms with van der Waals surface area (Å²) in [6.45, 7) is 5.84. The Labute approximate surface area is 117 Å². The molecule has 1 heterocycles. The van der Waals surface area contributed by atoms with Crippen molar-refractivity contribution in [1.29, 1.82) is 0 Å². The Bertz CT molecular complexity index is 373. The van der Waals surface area contributed by atoms with Crippen molar-refractivity contribution in [2.75, 3.05) is 39.0 Å². The van der Waals surface area contributed by atoms with Crippen molar-refractivity contribution in [3.05, 3.63) is 0 Å². The summed E-state index contributed by atoms with van der Waals surface area (Å²) in [7, 11) is -1.35. The molecule has 5 nitrogen and oxygen atoms in total. The lowest BCUT2D eigenvalue weighted by atomic mass is 10.1. The van der Waals surface area contributed by atoms with Gasteiger partial charge in [0.1, 0.15) is 0 Å². The first-order valence-corrected chi connectivity index (χ1v) is 9.05. The third kappa shape index (κ3) is 4.41. The highest BCUT2D eigenvalue weighted by Crippen LogP contribution is 2.19. The minimum absolute atomic E-state index is 0.189. The first kappa shape index (κ1) is 15.2. The van der Waals surface area contributed by atoms with Crippen LogP contribution in [-0.4, -0.2) is 68.7 Å². The molecule has 1 saturated heterocycles. The zero-order valence-electron chi connectivity index (χ0n) is 12.1. The summed E-state index contributed by atoms with van der Waals surface area (Å²) in [5.74, 6) is 0.230. The van der Waals surface area contributed by atoms with Crippen LogP contribution in [0.3, 0.4) is 0 Å². The van der Waals surface area contributed by atoms with Crippen molar-refractivity contribution in [2.24, 2.45) is 0 Å². The SMILES string of the molecule is CCN1CCC(N(C)S(=O)(=O)CCNC2CC2)CC1. The fourth-order valence-corrected chi connectivity index (χ4v) is 3.98. The van der Waals surface area contributed by atoms with Crippen LogP contribution in [0, 0.1) is 0 Å². The quantitative estimate of drug-likeness (QED) is 0.741. The number of rotatable bonds is 7. The minimum atomic E-state index is -3.10. The molecule has 1 N–H and O–H groups in total. The Morgan fingerprint density at radius 3 is 2.37 bits per heavy atom. The number of piperidine rings is 1. The molecule has 0 aromatic carbocycles.